The van der Waals surface area contributed by atoms with Crippen molar-refractivity contribution >= 4 is 11.2 Å². The van der Waals surface area contributed by atoms with Crippen LogP contribution in [0.4, 0.5) is 0 Å². The van der Waals surface area contributed by atoms with E-state index >= 15 is 0 Å². The summed E-state index contributed by atoms with van der Waals surface area (Å²) >= 11 is 0. The van der Waals surface area contributed by atoms with Crippen LogP contribution in [0, 0.1) is 11.8 Å². The van der Waals surface area contributed by atoms with Crippen molar-refractivity contribution in [3.8, 4) is 0 Å². The van der Waals surface area contributed by atoms with Gasteiger partial charge in [-0.2, -0.15) is 0 Å². The third-order valence-corrected chi connectivity index (χ3v) is 4.00. The van der Waals surface area contributed by atoms with Crippen molar-refractivity contribution in [3.63, 3.8) is 0 Å². The fourth-order valence-corrected chi connectivity index (χ4v) is 2.60. The molecule has 2 N–H and O–H groups in total. The van der Waals surface area contributed by atoms with Crippen molar-refractivity contribution in [1.82, 2.24) is 19.5 Å². The van der Waals surface area contributed by atoms with E-state index in [9.17, 15) is 9.90 Å². The minimum absolute atomic E-state index is 0.0113. The third-order valence-electron chi connectivity index (χ3n) is 4.00. The number of ether oxygens (including phenoxy) is 1. The molecule has 3 rings (SSSR count). The third kappa shape index (κ3) is 1.77. The Kier molecular flexibility index (Phi) is 2.87. The van der Waals surface area contributed by atoms with Gasteiger partial charge < -0.3 is 14.8 Å². The van der Waals surface area contributed by atoms with Crippen LogP contribution in [0.15, 0.2) is 17.4 Å². The van der Waals surface area contributed by atoms with Gasteiger partial charge in [-0.3, -0.25) is 9.36 Å². The number of aromatic amines is 1. The van der Waals surface area contributed by atoms with E-state index in [2.05, 4.69) is 21.9 Å². The predicted octanol–water partition coefficient (Wildman–Crippen LogP) is 0.281. The Morgan fingerprint density at radius 1 is 1.42 bits per heavy atom. The maximum absolute atomic E-state index is 11.6. The SMILES string of the molecule is C[C@@H]1[C@H](C)C(CO)O[C@H]1n1cnc2c(=O)[nH]cnc21. The fraction of sp³-hybridized carbons (Fsp3) is 0.583. The van der Waals surface area contributed by atoms with Crippen LogP contribution < -0.4 is 5.56 Å². The number of hydrogen-bond donors (Lipinski definition) is 2. The number of aliphatic hydroxyl groups is 1. The summed E-state index contributed by atoms with van der Waals surface area (Å²) in [5.41, 5.74) is 0.547. The molecule has 0 aliphatic carbocycles. The van der Waals surface area contributed by atoms with Crippen molar-refractivity contribution in [2.45, 2.75) is 26.2 Å². The summed E-state index contributed by atoms with van der Waals surface area (Å²) in [7, 11) is 0. The van der Waals surface area contributed by atoms with Crippen LogP contribution in [0.1, 0.15) is 20.1 Å². The van der Waals surface area contributed by atoms with E-state index in [0.29, 0.717) is 11.2 Å². The van der Waals surface area contributed by atoms with Crippen LogP contribution in [-0.4, -0.2) is 37.3 Å². The Bertz CT molecular complexity index is 650. The number of hydrogen-bond acceptors (Lipinski definition) is 5. The monoisotopic (exact) mass is 264 g/mol. The van der Waals surface area contributed by atoms with Gasteiger partial charge in [-0.15, -0.1) is 0 Å². The Hall–Kier alpha value is -1.73. The molecule has 0 aromatic carbocycles. The molecule has 2 aromatic rings. The van der Waals surface area contributed by atoms with Crippen LogP contribution >= 0.6 is 0 Å². The fourth-order valence-electron chi connectivity index (χ4n) is 2.60. The molecule has 3 heterocycles. The topological polar surface area (TPSA) is 93.0 Å². The van der Waals surface area contributed by atoms with E-state index < -0.39 is 0 Å². The molecule has 0 spiro atoms. The molecular weight excluding hydrogens is 248 g/mol. The molecule has 7 nitrogen and oxygen atoms in total. The second-order valence-electron chi connectivity index (χ2n) is 5.02. The molecule has 1 saturated heterocycles. The molecule has 1 aliphatic rings. The average molecular weight is 264 g/mol. The van der Waals surface area contributed by atoms with Crippen molar-refractivity contribution < 1.29 is 9.84 Å². The summed E-state index contributed by atoms with van der Waals surface area (Å²) in [6, 6.07) is 0. The Morgan fingerprint density at radius 3 is 2.89 bits per heavy atom. The molecule has 4 atom stereocenters. The molecule has 0 saturated carbocycles. The molecule has 19 heavy (non-hydrogen) atoms. The van der Waals surface area contributed by atoms with Crippen LogP contribution in [-0.2, 0) is 4.74 Å². The van der Waals surface area contributed by atoms with Crippen LogP contribution in [0.2, 0.25) is 0 Å². The molecular formula is C12H16N4O3. The highest BCUT2D eigenvalue weighted by atomic mass is 16.5. The zero-order valence-electron chi connectivity index (χ0n) is 10.8. The summed E-state index contributed by atoms with van der Waals surface area (Å²) in [5, 5.41) is 9.31. The van der Waals surface area contributed by atoms with Gasteiger partial charge in [0.05, 0.1) is 25.4 Å². The Labute approximate surface area is 109 Å². The maximum atomic E-state index is 11.6. The Balaban J connectivity index is 2.06. The average Bonchev–Trinajstić information content (AvgIpc) is 2.94. The quantitative estimate of drug-likeness (QED) is 0.812. The number of fused-ring (bicyclic) bond motifs is 1. The standard InChI is InChI=1S/C12H16N4O3/c1-6-7(2)12(19-8(6)3-17)16-5-15-9-10(16)13-4-14-11(9)18/h4-8,12,17H,3H2,1-2H3,(H,13,14,18)/t6-,7+,8?,12+/m0/s1. The molecule has 0 radical (unpaired) electrons. The zero-order chi connectivity index (χ0) is 13.6. The van der Waals surface area contributed by atoms with Crippen molar-refractivity contribution in [2.24, 2.45) is 11.8 Å². The lowest BCUT2D eigenvalue weighted by molar-refractivity contribution is -0.0336. The number of aliphatic hydroxyl groups excluding tert-OH is 1. The normalized spacial score (nSPS) is 31.1. The molecule has 0 bridgehead atoms. The van der Waals surface area contributed by atoms with Gasteiger partial charge in [0.25, 0.3) is 5.56 Å². The molecule has 1 unspecified atom stereocenters. The van der Waals surface area contributed by atoms with E-state index in [0.717, 1.165) is 0 Å². The summed E-state index contributed by atoms with van der Waals surface area (Å²) in [6.45, 7) is 4.09. The minimum Gasteiger partial charge on any atom is -0.394 e. The first kappa shape index (κ1) is 12.3. The molecule has 1 fully saturated rings. The van der Waals surface area contributed by atoms with Crippen LogP contribution in [0.25, 0.3) is 11.2 Å². The highest BCUT2D eigenvalue weighted by Gasteiger charge is 2.40. The lowest BCUT2D eigenvalue weighted by Gasteiger charge is -2.17. The molecule has 2 aromatic heterocycles. The van der Waals surface area contributed by atoms with Crippen molar-refractivity contribution in [3.05, 3.63) is 23.0 Å². The van der Waals surface area contributed by atoms with Crippen molar-refractivity contribution in [2.75, 3.05) is 6.61 Å². The summed E-state index contributed by atoms with van der Waals surface area (Å²) < 4.78 is 7.61. The van der Waals surface area contributed by atoms with E-state index in [1.54, 1.807) is 10.9 Å². The highest BCUT2D eigenvalue weighted by molar-refractivity contribution is 5.68. The number of H-pyrrole nitrogens is 1. The van der Waals surface area contributed by atoms with Gasteiger partial charge in [-0.1, -0.05) is 13.8 Å². The lowest BCUT2D eigenvalue weighted by atomic mass is 9.93. The molecule has 102 valence electrons. The van der Waals surface area contributed by atoms with Gasteiger partial charge >= 0.3 is 0 Å². The van der Waals surface area contributed by atoms with Crippen LogP contribution in [0.3, 0.4) is 0 Å². The summed E-state index contributed by atoms with van der Waals surface area (Å²) in [5.74, 6) is 0.435. The number of nitrogens with one attached hydrogen (secondary N) is 1. The summed E-state index contributed by atoms with van der Waals surface area (Å²) in [6.07, 6.45) is 2.47. The zero-order valence-corrected chi connectivity index (χ0v) is 10.8. The predicted molar refractivity (Wildman–Crippen MR) is 67.5 cm³/mol. The molecule has 0 amide bonds. The first-order chi connectivity index (χ1) is 9.13. The second-order valence-corrected chi connectivity index (χ2v) is 5.02. The van der Waals surface area contributed by atoms with Gasteiger partial charge in [0, 0.05) is 5.92 Å². The van der Waals surface area contributed by atoms with E-state index in [1.807, 2.05) is 6.92 Å². The van der Waals surface area contributed by atoms with Gasteiger partial charge in [0.2, 0.25) is 0 Å². The second kappa shape index (κ2) is 4.43. The van der Waals surface area contributed by atoms with E-state index in [4.69, 9.17) is 4.74 Å². The lowest BCUT2D eigenvalue weighted by Crippen LogP contribution is -2.19. The van der Waals surface area contributed by atoms with Crippen molar-refractivity contribution in [1.29, 1.82) is 0 Å². The number of aromatic nitrogens is 4. The Morgan fingerprint density at radius 2 is 2.21 bits per heavy atom. The number of rotatable bonds is 2. The number of nitrogens with zero attached hydrogens (tertiary/aromatic N) is 3. The maximum Gasteiger partial charge on any atom is 0.278 e. The summed E-state index contributed by atoms with van der Waals surface area (Å²) in [4.78, 5) is 22.4. The smallest absolute Gasteiger partial charge is 0.278 e. The first-order valence-corrected chi connectivity index (χ1v) is 6.30. The first-order valence-electron chi connectivity index (χ1n) is 6.30. The van der Waals surface area contributed by atoms with Gasteiger partial charge in [0.1, 0.15) is 6.23 Å². The van der Waals surface area contributed by atoms with Gasteiger partial charge in [-0.05, 0) is 5.92 Å². The number of imidazole rings is 1. The van der Waals surface area contributed by atoms with Gasteiger partial charge in [0.15, 0.2) is 11.2 Å². The van der Waals surface area contributed by atoms with Crippen LogP contribution in [0.5, 0.6) is 0 Å². The largest absolute Gasteiger partial charge is 0.394 e. The van der Waals surface area contributed by atoms with E-state index in [1.165, 1.54) is 6.33 Å². The minimum atomic E-state index is -0.263. The van der Waals surface area contributed by atoms with E-state index in [-0.39, 0.29) is 36.3 Å². The highest BCUT2D eigenvalue weighted by Crippen LogP contribution is 2.39. The molecule has 7 heteroatoms. The molecule has 1 aliphatic heterocycles. The van der Waals surface area contributed by atoms with Gasteiger partial charge in [-0.25, -0.2) is 9.97 Å².